The van der Waals surface area contributed by atoms with Crippen LogP contribution < -0.4 is 10.9 Å². The third-order valence-electron chi connectivity index (χ3n) is 3.87. The number of allylic oxidation sites excluding steroid dienone is 1. The Morgan fingerprint density at radius 1 is 1.31 bits per heavy atom. The highest BCUT2D eigenvalue weighted by Crippen LogP contribution is 2.32. The smallest absolute Gasteiger partial charge is 0.346 e. The van der Waals surface area contributed by atoms with Crippen LogP contribution in [0.4, 0.5) is 13.2 Å². The second-order valence-electron chi connectivity index (χ2n) is 5.97. The first-order valence-electron chi connectivity index (χ1n) is 8.44. The molecule has 0 saturated carbocycles. The summed E-state index contributed by atoms with van der Waals surface area (Å²) in [7, 11) is 0. The molecule has 0 unspecified atom stereocenters. The molecule has 0 radical (unpaired) electrons. The first kappa shape index (κ1) is 21.1. The number of thioether (sulfide) groups is 1. The highest BCUT2D eigenvalue weighted by atomic mass is 32.2. The first-order valence-corrected chi connectivity index (χ1v) is 10.3. The number of aromatic nitrogens is 2. The molecule has 0 atom stereocenters. The van der Waals surface area contributed by atoms with E-state index in [0.717, 1.165) is 22.9 Å². The molecule has 5 nitrogen and oxygen atoms in total. The second kappa shape index (κ2) is 8.83. The number of benzene rings is 1. The SMILES string of the molecule is C=CCn1c(SCC(=O)NCC(F)(F)F)nc2scc(-c3ccccc3)c2c1=O. The van der Waals surface area contributed by atoms with Gasteiger partial charge in [0.1, 0.15) is 11.4 Å². The third kappa shape index (κ3) is 5.07. The maximum absolute atomic E-state index is 13.1. The van der Waals surface area contributed by atoms with Gasteiger partial charge < -0.3 is 5.32 Å². The van der Waals surface area contributed by atoms with E-state index in [1.165, 1.54) is 22.0 Å². The zero-order valence-electron chi connectivity index (χ0n) is 15.0. The number of carbonyl (C=O) groups excluding carboxylic acids is 1. The predicted molar refractivity (Wildman–Crippen MR) is 109 cm³/mol. The van der Waals surface area contributed by atoms with Gasteiger partial charge in [-0.05, 0) is 5.56 Å². The molecule has 0 aliphatic carbocycles. The van der Waals surface area contributed by atoms with Crippen LogP contribution in [0.3, 0.4) is 0 Å². The van der Waals surface area contributed by atoms with Gasteiger partial charge in [-0.3, -0.25) is 14.2 Å². The van der Waals surface area contributed by atoms with Crippen molar-refractivity contribution in [3.05, 3.63) is 58.7 Å². The van der Waals surface area contributed by atoms with E-state index in [2.05, 4.69) is 11.6 Å². The van der Waals surface area contributed by atoms with E-state index in [9.17, 15) is 22.8 Å². The second-order valence-corrected chi connectivity index (χ2v) is 7.78. The van der Waals surface area contributed by atoms with Crippen LogP contribution >= 0.6 is 23.1 Å². The topological polar surface area (TPSA) is 64.0 Å². The number of carbonyl (C=O) groups is 1. The summed E-state index contributed by atoms with van der Waals surface area (Å²) < 4.78 is 38.0. The number of halogens is 3. The molecule has 2 aromatic heterocycles. The van der Waals surface area contributed by atoms with Crippen molar-refractivity contribution in [1.82, 2.24) is 14.9 Å². The van der Waals surface area contributed by atoms with Crippen molar-refractivity contribution in [2.45, 2.75) is 17.9 Å². The van der Waals surface area contributed by atoms with Gasteiger partial charge >= 0.3 is 6.18 Å². The molecule has 1 N–H and O–H groups in total. The number of alkyl halides is 3. The van der Waals surface area contributed by atoms with Gasteiger partial charge in [0.05, 0.1) is 11.1 Å². The zero-order valence-corrected chi connectivity index (χ0v) is 16.7. The lowest BCUT2D eigenvalue weighted by atomic mass is 10.1. The number of amides is 1. The fourth-order valence-electron chi connectivity index (χ4n) is 2.62. The van der Waals surface area contributed by atoms with E-state index in [0.29, 0.717) is 10.2 Å². The molecule has 152 valence electrons. The molecular formula is C19H16F3N3O2S2. The van der Waals surface area contributed by atoms with Gasteiger partial charge in [0.2, 0.25) is 5.91 Å². The lowest BCUT2D eigenvalue weighted by molar-refractivity contribution is -0.136. The summed E-state index contributed by atoms with van der Waals surface area (Å²) >= 11 is 2.21. The monoisotopic (exact) mass is 439 g/mol. The molecule has 0 aliphatic heterocycles. The summed E-state index contributed by atoms with van der Waals surface area (Å²) in [6.45, 7) is 2.41. The lowest BCUT2D eigenvalue weighted by Gasteiger charge is -2.11. The number of hydrogen-bond acceptors (Lipinski definition) is 5. The third-order valence-corrected chi connectivity index (χ3v) is 5.72. The van der Waals surface area contributed by atoms with Gasteiger partial charge in [0.25, 0.3) is 5.56 Å². The quantitative estimate of drug-likeness (QED) is 0.342. The molecule has 1 aromatic carbocycles. The van der Waals surface area contributed by atoms with E-state index in [4.69, 9.17) is 0 Å². The van der Waals surface area contributed by atoms with Crippen LogP contribution in [0.2, 0.25) is 0 Å². The Labute approximate surface area is 172 Å². The van der Waals surface area contributed by atoms with Crippen LogP contribution in [-0.4, -0.2) is 33.9 Å². The van der Waals surface area contributed by atoms with E-state index in [1.807, 2.05) is 35.7 Å². The minimum Gasteiger partial charge on any atom is -0.346 e. The zero-order chi connectivity index (χ0) is 21.0. The minimum atomic E-state index is -4.48. The standard InChI is InChI=1S/C19H16F3N3O2S2/c1-2-8-25-17(27)15-13(12-6-4-3-5-7-12)9-28-16(15)24-18(25)29-10-14(26)23-11-19(20,21)22/h2-7,9H,1,8,10-11H2,(H,23,26). The predicted octanol–water partition coefficient (Wildman–Crippen LogP) is 4.08. The van der Waals surface area contributed by atoms with Gasteiger partial charge in [-0.1, -0.05) is 48.2 Å². The van der Waals surface area contributed by atoms with Crippen LogP contribution in [0.1, 0.15) is 0 Å². The van der Waals surface area contributed by atoms with Gasteiger partial charge in [-0.25, -0.2) is 4.98 Å². The fourth-order valence-corrected chi connectivity index (χ4v) is 4.44. The lowest BCUT2D eigenvalue weighted by Crippen LogP contribution is -2.35. The molecule has 0 saturated heterocycles. The largest absolute Gasteiger partial charge is 0.405 e. The molecule has 2 heterocycles. The van der Waals surface area contributed by atoms with Crippen LogP contribution in [0.5, 0.6) is 0 Å². The molecular weight excluding hydrogens is 423 g/mol. The average molecular weight is 439 g/mol. The van der Waals surface area contributed by atoms with Crippen LogP contribution in [0.25, 0.3) is 21.3 Å². The molecule has 10 heteroatoms. The summed E-state index contributed by atoms with van der Waals surface area (Å²) in [6.07, 6.45) is -2.95. The summed E-state index contributed by atoms with van der Waals surface area (Å²) in [5.74, 6) is -1.08. The number of rotatable bonds is 7. The molecule has 0 spiro atoms. The van der Waals surface area contributed by atoms with Crippen LogP contribution in [0, 0.1) is 0 Å². The summed E-state index contributed by atoms with van der Waals surface area (Å²) in [5.41, 5.74) is 1.36. The maximum Gasteiger partial charge on any atom is 0.405 e. The first-order chi connectivity index (χ1) is 13.8. The molecule has 3 aromatic rings. The molecule has 3 rings (SSSR count). The normalized spacial score (nSPS) is 11.6. The van der Waals surface area contributed by atoms with Crippen molar-refractivity contribution < 1.29 is 18.0 Å². The van der Waals surface area contributed by atoms with Crippen molar-refractivity contribution in [3.8, 4) is 11.1 Å². The van der Waals surface area contributed by atoms with Crippen molar-refractivity contribution in [1.29, 1.82) is 0 Å². The Morgan fingerprint density at radius 3 is 2.69 bits per heavy atom. The number of nitrogens with zero attached hydrogens (tertiary/aromatic N) is 2. The molecule has 1 amide bonds. The summed E-state index contributed by atoms with van der Waals surface area (Å²) in [5, 5.41) is 4.37. The summed E-state index contributed by atoms with van der Waals surface area (Å²) in [4.78, 5) is 29.8. The maximum atomic E-state index is 13.1. The Bertz CT molecular complexity index is 1090. The van der Waals surface area contributed by atoms with Crippen molar-refractivity contribution in [2.75, 3.05) is 12.3 Å². The van der Waals surface area contributed by atoms with Gasteiger partial charge in [0, 0.05) is 17.5 Å². The Balaban J connectivity index is 1.92. The Morgan fingerprint density at radius 2 is 2.03 bits per heavy atom. The van der Waals surface area contributed by atoms with E-state index < -0.39 is 18.6 Å². The van der Waals surface area contributed by atoms with Crippen molar-refractivity contribution in [2.24, 2.45) is 0 Å². The Kier molecular flexibility index (Phi) is 6.43. The molecule has 0 aliphatic rings. The highest BCUT2D eigenvalue weighted by molar-refractivity contribution is 7.99. The molecule has 0 fully saturated rings. The minimum absolute atomic E-state index is 0.165. The van der Waals surface area contributed by atoms with E-state index >= 15 is 0 Å². The van der Waals surface area contributed by atoms with Gasteiger partial charge in [0.15, 0.2) is 5.16 Å². The molecule has 0 bridgehead atoms. The van der Waals surface area contributed by atoms with Crippen LogP contribution in [0.15, 0.2) is 58.3 Å². The van der Waals surface area contributed by atoms with Gasteiger partial charge in [-0.2, -0.15) is 13.2 Å². The summed E-state index contributed by atoms with van der Waals surface area (Å²) in [6, 6.07) is 9.42. The van der Waals surface area contributed by atoms with E-state index in [1.54, 1.807) is 5.32 Å². The average Bonchev–Trinajstić information content (AvgIpc) is 3.11. The van der Waals surface area contributed by atoms with E-state index in [-0.39, 0.29) is 23.0 Å². The molecule has 29 heavy (non-hydrogen) atoms. The highest BCUT2D eigenvalue weighted by Gasteiger charge is 2.27. The van der Waals surface area contributed by atoms with Crippen LogP contribution in [-0.2, 0) is 11.3 Å². The van der Waals surface area contributed by atoms with Crippen molar-refractivity contribution >= 4 is 39.2 Å². The number of nitrogens with one attached hydrogen (secondary N) is 1. The Hall–Kier alpha value is -2.59. The number of thiophene rings is 1. The fraction of sp³-hybridized carbons (Fsp3) is 0.211. The number of hydrogen-bond donors (Lipinski definition) is 1. The number of fused-ring (bicyclic) bond motifs is 1. The van der Waals surface area contributed by atoms with Crippen molar-refractivity contribution in [3.63, 3.8) is 0 Å². The van der Waals surface area contributed by atoms with Gasteiger partial charge in [-0.15, -0.1) is 17.9 Å².